The van der Waals surface area contributed by atoms with Gasteiger partial charge in [-0.15, -0.1) is 0 Å². The van der Waals surface area contributed by atoms with Gasteiger partial charge in [-0.1, -0.05) is 31.2 Å². The molecule has 1 aliphatic rings. The Morgan fingerprint density at radius 3 is 2.51 bits per heavy atom. The molecule has 0 radical (unpaired) electrons. The Hall–Kier alpha value is -3.87. The molecule has 4 aromatic rings. The SMILES string of the molecule is CCc1nc2ccc(OC3CCN(C(C)=N)CC3)cc2n1Cc1ccc2ccc(C(=N)N)cc2c1. The number of hydrogen-bond donors (Lipinski definition) is 3. The highest BCUT2D eigenvalue weighted by atomic mass is 16.5. The number of hydrogen-bond acceptors (Lipinski definition) is 4. The average molecular weight is 469 g/mol. The Kier molecular flexibility index (Phi) is 6.16. The summed E-state index contributed by atoms with van der Waals surface area (Å²) in [5.41, 5.74) is 9.66. The van der Waals surface area contributed by atoms with Gasteiger partial charge in [0.15, 0.2) is 0 Å². The highest BCUT2D eigenvalue weighted by Crippen LogP contribution is 2.27. The Morgan fingerprint density at radius 1 is 1.03 bits per heavy atom. The number of ether oxygens (including phenoxy) is 1. The van der Waals surface area contributed by atoms with E-state index in [-0.39, 0.29) is 11.9 Å². The molecule has 3 aromatic carbocycles. The maximum Gasteiger partial charge on any atom is 0.122 e. The molecular weight excluding hydrogens is 436 g/mol. The fraction of sp³-hybridized carbons (Fsp3) is 0.321. The molecule has 2 heterocycles. The van der Waals surface area contributed by atoms with Crippen LogP contribution >= 0.6 is 0 Å². The van der Waals surface area contributed by atoms with Crippen molar-refractivity contribution in [3.05, 3.63) is 71.5 Å². The minimum absolute atomic E-state index is 0.0809. The van der Waals surface area contributed by atoms with Crippen LogP contribution in [0, 0.1) is 10.8 Å². The number of imidazole rings is 1. The van der Waals surface area contributed by atoms with Gasteiger partial charge in [0, 0.05) is 50.5 Å². The highest BCUT2D eigenvalue weighted by molar-refractivity contribution is 5.99. The molecule has 1 aliphatic heterocycles. The van der Waals surface area contributed by atoms with Crippen LogP contribution < -0.4 is 10.5 Å². The summed E-state index contributed by atoms with van der Waals surface area (Å²) in [4.78, 5) is 6.98. The number of piperidine rings is 1. The molecule has 0 amide bonds. The summed E-state index contributed by atoms with van der Waals surface area (Å²) in [7, 11) is 0. The smallest absolute Gasteiger partial charge is 0.122 e. The van der Waals surface area contributed by atoms with E-state index in [0.29, 0.717) is 12.4 Å². The number of nitrogens with one attached hydrogen (secondary N) is 2. The molecule has 180 valence electrons. The van der Waals surface area contributed by atoms with Gasteiger partial charge in [0.2, 0.25) is 0 Å². The monoisotopic (exact) mass is 468 g/mol. The number of amidine groups is 2. The van der Waals surface area contributed by atoms with Crippen molar-refractivity contribution in [2.75, 3.05) is 13.1 Å². The molecule has 0 atom stereocenters. The minimum atomic E-state index is 0.0809. The van der Waals surface area contributed by atoms with Crippen molar-refractivity contribution in [1.29, 1.82) is 10.8 Å². The first-order valence-electron chi connectivity index (χ1n) is 12.2. The second kappa shape index (κ2) is 9.41. The van der Waals surface area contributed by atoms with E-state index in [1.54, 1.807) is 0 Å². The predicted molar refractivity (Wildman–Crippen MR) is 142 cm³/mol. The van der Waals surface area contributed by atoms with Gasteiger partial charge in [0.25, 0.3) is 0 Å². The molecule has 0 saturated carbocycles. The Labute approximate surface area is 205 Å². The molecule has 0 spiro atoms. The molecule has 7 nitrogen and oxygen atoms in total. The molecule has 0 bridgehead atoms. The van der Waals surface area contributed by atoms with E-state index in [1.165, 1.54) is 5.56 Å². The fourth-order valence-electron chi connectivity index (χ4n) is 4.92. The second-order valence-corrected chi connectivity index (χ2v) is 9.32. The van der Waals surface area contributed by atoms with Crippen molar-refractivity contribution in [3.8, 4) is 5.75 Å². The summed E-state index contributed by atoms with van der Waals surface area (Å²) in [6.07, 6.45) is 2.86. The van der Waals surface area contributed by atoms with Gasteiger partial charge in [-0.3, -0.25) is 10.8 Å². The first-order chi connectivity index (χ1) is 16.9. The van der Waals surface area contributed by atoms with Crippen LogP contribution in [-0.2, 0) is 13.0 Å². The van der Waals surface area contributed by atoms with Crippen molar-refractivity contribution in [2.24, 2.45) is 5.73 Å². The van der Waals surface area contributed by atoms with Crippen molar-refractivity contribution in [1.82, 2.24) is 14.5 Å². The van der Waals surface area contributed by atoms with Gasteiger partial charge in [-0.2, -0.15) is 0 Å². The summed E-state index contributed by atoms with van der Waals surface area (Å²) in [6, 6.07) is 18.5. The number of nitrogen functional groups attached to an aromatic ring is 1. The normalized spacial score (nSPS) is 14.5. The minimum Gasteiger partial charge on any atom is -0.490 e. The summed E-state index contributed by atoms with van der Waals surface area (Å²) in [6.45, 7) is 6.43. The third-order valence-electron chi connectivity index (χ3n) is 6.89. The van der Waals surface area contributed by atoms with Crippen LogP contribution in [0.15, 0.2) is 54.6 Å². The van der Waals surface area contributed by atoms with E-state index >= 15 is 0 Å². The number of rotatable bonds is 6. The number of aromatic nitrogens is 2. The number of fused-ring (bicyclic) bond motifs is 2. The van der Waals surface area contributed by atoms with Gasteiger partial charge in [-0.05, 0) is 47.5 Å². The van der Waals surface area contributed by atoms with Crippen LogP contribution in [0.3, 0.4) is 0 Å². The number of nitrogens with zero attached hydrogens (tertiary/aromatic N) is 3. The Bertz CT molecular complexity index is 1410. The number of aryl methyl sites for hydroxylation is 1. The van der Waals surface area contributed by atoms with Crippen molar-refractivity contribution >= 4 is 33.5 Å². The zero-order chi connectivity index (χ0) is 24.5. The van der Waals surface area contributed by atoms with Gasteiger partial charge in [-0.25, -0.2) is 4.98 Å². The number of benzene rings is 3. The van der Waals surface area contributed by atoms with Gasteiger partial charge in [0.05, 0.1) is 16.9 Å². The lowest BCUT2D eigenvalue weighted by molar-refractivity contribution is 0.130. The average Bonchev–Trinajstić information content (AvgIpc) is 3.20. The van der Waals surface area contributed by atoms with Gasteiger partial charge >= 0.3 is 0 Å². The van der Waals surface area contributed by atoms with E-state index in [1.807, 2.05) is 31.2 Å². The predicted octanol–water partition coefficient (Wildman–Crippen LogP) is 4.92. The summed E-state index contributed by atoms with van der Waals surface area (Å²) < 4.78 is 8.64. The maximum absolute atomic E-state index is 7.84. The van der Waals surface area contributed by atoms with Crippen LogP contribution in [0.1, 0.15) is 43.6 Å². The van der Waals surface area contributed by atoms with E-state index in [2.05, 4.69) is 46.7 Å². The molecule has 0 unspecified atom stereocenters. The van der Waals surface area contributed by atoms with Gasteiger partial charge in [0.1, 0.15) is 23.5 Å². The highest BCUT2D eigenvalue weighted by Gasteiger charge is 2.21. The fourth-order valence-corrected chi connectivity index (χ4v) is 4.92. The van der Waals surface area contributed by atoms with Crippen LogP contribution in [0.4, 0.5) is 0 Å². The largest absolute Gasteiger partial charge is 0.490 e. The second-order valence-electron chi connectivity index (χ2n) is 9.32. The first kappa shape index (κ1) is 22.9. The number of likely N-dealkylation sites (tertiary alicyclic amines) is 1. The summed E-state index contributed by atoms with van der Waals surface area (Å²) in [5, 5.41) is 17.8. The Balaban J connectivity index is 1.42. The van der Waals surface area contributed by atoms with E-state index in [9.17, 15) is 0 Å². The lowest BCUT2D eigenvalue weighted by Crippen LogP contribution is -2.40. The zero-order valence-corrected chi connectivity index (χ0v) is 20.3. The topological polar surface area (TPSA) is 104 Å². The van der Waals surface area contributed by atoms with Crippen molar-refractivity contribution < 1.29 is 4.74 Å². The number of nitrogens with two attached hydrogens (primary N) is 1. The molecule has 0 aliphatic carbocycles. The summed E-state index contributed by atoms with van der Waals surface area (Å²) in [5.74, 6) is 2.63. The molecule has 1 saturated heterocycles. The van der Waals surface area contributed by atoms with Crippen LogP contribution in [-0.4, -0.2) is 45.3 Å². The molecule has 35 heavy (non-hydrogen) atoms. The molecular formula is C28H32N6O. The molecule has 1 fully saturated rings. The van der Waals surface area contributed by atoms with Crippen molar-refractivity contribution in [2.45, 2.75) is 45.8 Å². The maximum atomic E-state index is 7.84. The molecule has 1 aromatic heterocycles. The van der Waals surface area contributed by atoms with Crippen LogP contribution in [0.25, 0.3) is 21.8 Å². The van der Waals surface area contributed by atoms with Crippen LogP contribution in [0.5, 0.6) is 5.75 Å². The molecule has 5 rings (SSSR count). The molecule has 4 N–H and O–H groups in total. The lowest BCUT2D eigenvalue weighted by Gasteiger charge is -2.32. The Morgan fingerprint density at radius 2 is 1.80 bits per heavy atom. The van der Waals surface area contributed by atoms with E-state index in [4.69, 9.17) is 26.3 Å². The standard InChI is InChI=1S/C28H32N6O/c1-3-27-32-25-9-8-24(35-23-10-12-33(13-11-23)18(2)29)16-26(25)34(27)17-19-4-5-20-6-7-21(28(30)31)15-22(20)14-19/h4-9,14-16,23,29H,3,10-13,17H2,1-2H3,(H3,30,31). The van der Waals surface area contributed by atoms with Crippen molar-refractivity contribution in [3.63, 3.8) is 0 Å². The quantitative estimate of drug-likeness (QED) is 0.276. The van der Waals surface area contributed by atoms with E-state index < -0.39 is 0 Å². The molecule has 7 heteroatoms. The first-order valence-corrected chi connectivity index (χ1v) is 12.2. The third kappa shape index (κ3) is 4.71. The third-order valence-corrected chi connectivity index (χ3v) is 6.89. The van der Waals surface area contributed by atoms with Crippen LogP contribution in [0.2, 0.25) is 0 Å². The zero-order valence-electron chi connectivity index (χ0n) is 20.3. The van der Waals surface area contributed by atoms with E-state index in [0.717, 1.165) is 71.3 Å². The van der Waals surface area contributed by atoms with Gasteiger partial charge < -0.3 is 19.9 Å². The lowest BCUT2D eigenvalue weighted by atomic mass is 10.0. The summed E-state index contributed by atoms with van der Waals surface area (Å²) >= 11 is 0.